The smallest absolute Gasteiger partial charge is 0.0630 e. The third-order valence-electron chi connectivity index (χ3n) is 14.1. The lowest BCUT2D eigenvalue weighted by Crippen LogP contribution is -2.21. The number of rotatable bonds is 10. The fourth-order valence-electron chi connectivity index (χ4n) is 10.9. The maximum Gasteiger partial charge on any atom is 0.0630 e. The van der Waals surface area contributed by atoms with Crippen LogP contribution in [0.2, 0.25) is 0 Å². The van der Waals surface area contributed by atoms with Crippen molar-refractivity contribution in [2.75, 3.05) is 4.90 Å². The first kappa shape index (κ1) is 41.1. The van der Waals surface area contributed by atoms with E-state index in [9.17, 15) is 0 Å². The summed E-state index contributed by atoms with van der Waals surface area (Å²) in [4.78, 5) is 12.1. The minimum Gasteiger partial charge on any atom is -0.310 e. The number of hydrogen-bond donors (Lipinski definition) is 0. The highest BCUT2D eigenvalue weighted by Gasteiger charge is 2.45. The minimum absolute atomic E-state index is 0.0279. The van der Waals surface area contributed by atoms with E-state index in [1.165, 1.54) is 97.8 Å². The summed E-state index contributed by atoms with van der Waals surface area (Å²) in [6.45, 7) is 0. The number of aromatic nitrogens is 2. The van der Waals surface area contributed by atoms with Crippen LogP contribution in [0.4, 0.5) is 17.1 Å². The zero-order valence-corrected chi connectivity index (χ0v) is 37.8. The SMILES string of the molecule is C(=C\c1ccc(-c2ccc(-c3ccccc3)c3c(-c4ccccc4)cccc23)cn1)/c1ccc(/C=C/c2ccc3c(c2)C2(CCCC2)c2cc(N(c4ccccc4)c4ccccc4)ccc2-3)nc1. The number of benzene rings is 8. The summed E-state index contributed by atoms with van der Waals surface area (Å²) in [5.41, 5.74) is 20.4. The molecule has 324 valence electrons. The summed E-state index contributed by atoms with van der Waals surface area (Å²) in [5, 5.41) is 2.46. The quantitative estimate of drug-likeness (QED) is 0.137. The van der Waals surface area contributed by atoms with Gasteiger partial charge in [-0.2, -0.15) is 0 Å². The molecule has 0 bridgehead atoms. The summed E-state index contributed by atoms with van der Waals surface area (Å²) < 4.78 is 0. The van der Waals surface area contributed by atoms with E-state index in [-0.39, 0.29) is 5.41 Å². The van der Waals surface area contributed by atoms with Crippen LogP contribution in [0.1, 0.15) is 59.3 Å². The van der Waals surface area contributed by atoms with Gasteiger partial charge in [0.25, 0.3) is 0 Å². The summed E-state index contributed by atoms with van der Waals surface area (Å²) >= 11 is 0. The molecule has 0 unspecified atom stereocenters. The molecule has 0 N–H and O–H groups in total. The third kappa shape index (κ3) is 7.62. The second kappa shape index (κ2) is 17.8. The van der Waals surface area contributed by atoms with Crippen LogP contribution in [0.15, 0.2) is 225 Å². The average Bonchev–Trinajstić information content (AvgIpc) is 4.01. The Hall–Kier alpha value is -8.40. The van der Waals surface area contributed by atoms with E-state index < -0.39 is 0 Å². The van der Waals surface area contributed by atoms with Crippen molar-refractivity contribution < 1.29 is 0 Å². The van der Waals surface area contributed by atoms with Crippen LogP contribution in [0.3, 0.4) is 0 Å². The van der Waals surface area contributed by atoms with Crippen molar-refractivity contribution in [1.29, 1.82) is 0 Å². The number of fused-ring (bicyclic) bond motifs is 6. The molecule has 10 aromatic rings. The Morgan fingerprint density at radius 1 is 0.368 bits per heavy atom. The Morgan fingerprint density at radius 2 is 0.897 bits per heavy atom. The van der Waals surface area contributed by atoms with Crippen LogP contribution >= 0.6 is 0 Å². The standard InChI is InChI=1S/C65H49N3/c1-5-16-48(17-6-1)57-24-15-25-61-56(38-39-58(64(57)61)49-18-7-2-8-19-49)50-30-34-52(67-45-50)33-28-47-27-32-51(66-44-47)31-26-46-29-36-59-60-37-35-55(43-63(60)65(62(59)42-46)40-13-14-41-65)68(53-20-9-3-10-21-53)54-22-11-4-12-23-54/h1-12,15-39,42-45H,13-14,40-41H2/b31-26+,33-28+. The summed E-state index contributed by atoms with van der Waals surface area (Å²) in [5.74, 6) is 0. The van der Waals surface area contributed by atoms with Gasteiger partial charge in [0, 0.05) is 40.4 Å². The van der Waals surface area contributed by atoms with E-state index in [4.69, 9.17) is 9.97 Å². The zero-order valence-electron chi connectivity index (χ0n) is 37.8. The Bertz CT molecular complexity index is 3380. The van der Waals surface area contributed by atoms with Gasteiger partial charge in [-0.25, -0.2) is 0 Å². The Labute approximate surface area is 399 Å². The van der Waals surface area contributed by atoms with Gasteiger partial charge in [-0.15, -0.1) is 0 Å². The largest absolute Gasteiger partial charge is 0.310 e. The van der Waals surface area contributed by atoms with E-state index in [1.54, 1.807) is 0 Å². The van der Waals surface area contributed by atoms with Crippen molar-refractivity contribution in [2.24, 2.45) is 0 Å². The fourth-order valence-corrected chi connectivity index (χ4v) is 10.9. The number of anilines is 3. The molecule has 3 heteroatoms. The van der Waals surface area contributed by atoms with Crippen LogP contribution in [0.5, 0.6) is 0 Å². The molecular formula is C65H49N3. The normalized spacial score (nSPS) is 13.6. The average molecular weight is 872 g/mol. The zero-order chi connectivity index (χ0) is 45.3. The lowest BCUT2D eigenvalue weighted by Gasteiger charge is -2.30. The highest BCUT2D eigenvalue weighted by molar-refractivity contribution is 6.12. The van der Waals surface area contributed by atoms with Crippen molar-refractivity contribution in [3.63, 3.8) is 0 Å². The molecule has 8 aromatic carbocycles. The van der Waals surface area contributed by atoms with Crippen LogP contribution in [-0.2, 0) is 5.41 Å². The second-order valence-corrected chi connectivity index (χ2v) is 18.1. The van der Waals surface area contributed by atoms with Gasteiger partial charge in [-0.05, 0) is 145 Å². The number of pyridine rings is 2. The van der Waals surface area contributed by atoms with Crippen molar-refractivity contribution in [1.82, 2.24) is 9.97 Å². The van der Waals surface area contributed by atoms with Gasteiger partial charge in [0.15, 0.2) is 0 Å². The molecule has 68 heavy (non-hydrogen) atoms. The van der Waals surface area contributed by atoms with E-state index in [1.807, 2.05) is 12.4 Å². The lowest BCUT2D eigenvalue weighted by atomic mass is 9.76. The number of nitrogens with zero attached hydrogens (tertiary/aromatic N) is 3. The van der Waals surface area contributed by atoms with Gasteiger partial charge < -0.3 is 4.90 Å². The molecule has 0 amide bonds. The monoisotopic (exact) mass is 871 g/mol. The van der Waals surface area contributed by atoms with Crippen molar-refractivity contribution >= 4 is 52.1 Å². The maximum absolute atomic E-state index is 4.90. The molecule has 0 radical (unpaired) electrons. The molecule has 0 atom stereocenters. The predicted octanol–water partition coefficient (Wildman–Crippen LogP) is 17.3. The van der Waals surface area contributed by atoms with Crippen molar-refractivity contribution in [3.05, 3.63) is 258 Å². The van der Waals surface area contributed by atoms with E-state index in [2.05, 4.69) is 242 Å². The van der Waals surface area contributed by atoms with E-state index in [0.29, 0.717) is 0 Å². The Morgan fingerprint density at radius 3 is 1.51 bits per heavy atom. The number of hydrogen-bond acceptors (Lipinski definition) is 3. The van der Waals surface area contributed by atoms with Crippen LogP contribution < -0.4 is 4.90 Å². The Kier molecular flexibility index (Phi) is 10.7. The van der Waals surface area contributed by atoms with E-state index in [0.717, 1.165) is 33.9 Å². The predicted molar refractivity (Wildman–Crippen MR) is 286 cm³/mol. The molecule has 2 heterocycles. The maximum atomic E-state index is 4.90. The first-order valence-corrected chi connectivity index (χ1v) is 23.8. The highest BCUT2D eigenvalue weighted by Crippen LogP contribution is 2.58. The van der Waals surface area contributed by atoms with Gasteiger partial charge >= 0.3 is 0 Å². The molecule has 3 nitrogen and oxygen atoms in total. The van der Waals surface area contributed by atoms with Gasteiger partial charge in [0.2, 0.25) is 0 Å². The molecule has 0 saturated heterocycles. The minimum atomic E-state index is 0.0279. The van der Waals surface area contributed by atoms with Crippen LogP contribution in [0, 0.1) is 0 Å². The summed E-state index contributed by atoms with van der Waals surface area (Å²) in [7, 11) is 0. The molecule has 12 rings (SSSR count). The molecule has 2 aliphatic carbocycles. The third-order valence-corrected chi connectivity index (χ3v) is 14.1. The highest BCUT2D eigenvalue weighted by atomic mass is 15.1. The number of para-hydroxylation sites is 2. The Balaban J connectivity index is 0.771. The first-order valence-electron chi connectivity index (χ1n) is 23.8. The molecule has 1 saturated carbocycles. The van der Waals surface area contributed by atoms with Gasteiger partial charge in [0.05, 0.1) is 11.4 Å². The second-order valence-electron chi connectivity index (χ2n) is 18.1. The fraction of sp³-hybridized carbons (Fsp3) is 0.0769. The lowest BCUT2D eigenvalue weighted by molar-refractivity contribution is 0.550. The molecule has 0 aliphatic heterocycles. The molecule has 1 fully saturated rings. The van der Waals surface area contributed by atoms with Gasteiger partial charge in [-0.1, -0.05) is 189 Å². The molecular weight excluding hydrogens is 823 g/mol. The van der Waals surface area contributed by atoms with Crippen molar-refractivity contribution in [2.45, 2.75) is 31.1 Å². The molecule has 2 aromatic heterocycles. The van der Waals surface area contributed by atoms with Gasteiger partial charge in [0.1, 0.15) is 0 Å². The van der Waals surface area contributed by atoms with E-state index >= 15 is 0 Å². The first-order chi connectivity index (χ1) is 33.7. The summed E-state index contributed by atoms with van der Waals surface area (Å²) in [6, 6.07) is 76.7. The van der Waals surface area contributed by atoms with Gasteiger partial charge in [-0.3, -0.25) is 9.97 Å². The molecule has 1 spiro atoms. The van der Waals surface area contributed by atoms with Crippen LogP contribution in [0.25, 0.3) is 79.6 Å². The van der Waals surface area contributed by atoms with Crippen LogP contribution in [-0.4, -0.2) is 9.97 Å². The molecule has 2 aliphatic rings. The topological polar surface area (TPSA) is 29.0 Å². The van der Waals surface area contributed by atoms with Crippen molar-refractivity contribution in [3.8, 4) is 44.5 Å². The summed E-state index contributed by atoms with van der Waals surface area (Å²) in [6.07, 6.45) is 17.3.